The molecule has 0 bridgehead atoms. The average molecular weight is 316 g/mol. The predicted octanol–water partition coefficient (Wildman–Crippen LogP) is 4.30. The van der Waals surface area contributed by atoms with Gasteiger partial charge in [0.05, 0.1) is 5.52 Å². The fourth-order valence-corrected chi connectivity index (χ4v) is 2.49. The quantitative estimate of drug-likeness (QED) is 0.705. The van der Waals surface area contributed by atoms with E-state index in [0.717, 1.165) is 41.2 Å². The van der Waals surface area contributed by atoms with E-state index in [9.17, 15) is 0 Å². The minimum Gasteiger partial charge on any atom is -0.368 e. The summed E-state index contributed by atoms with van der Waals surface area (Å²) in [5, 5.41) is 4.42. The van der Waals surface area contributed by atoms with Crippen LogP contribution >= 0.6 is 0 Å². The molecule has 24 heavy (non-hydrogen) atoms. The van der Waals surface area contributed by atoms with Crippen LogP contribution in [0.5, 0.6) is 0 Å². The van der Waals surface area contributed by atoms with Crippen molar-refractivity contribution in [3.63, 3.8) is 0 Å². The highest BCUT2D eigenvalue weighted by Crippen LogP contribution is 2.24. The zero-order valence-corrected chi connectivity index (χ0v) is 13.5. The van der Waals surface area contributed by atoms with E-state index in [1.165, 1.54) is 0 Å². The summed E-state index contributed by atoms with van der Waals surface area (Å²) < 4.78 is 0. The summed E-state index contributed by atoms with van der Waals surface area (Å²) in [7, 11) is 0. The summed E-state index contributed by atoms with van der Waals surface area (Å²) in [6, 6.07) is 18.0. The Morgan fingerprint density at radius 3 is 2.38 bits per heavy atom. The molecule has 1 N–H and O–H groups in total. The molecular formula is C20H20N4. The Bertz CT molecular complexity index is 835. The third-order valence-corrected chi connectivity index (χ3v) is 3.77. The van der Waals surface area contributed by atoms with Gasteiger partial charge in [0.1, 0.15) is 5.82 Å². The van der Waals surface area contributed by atoms with Gasteiger partial charge in [-0.15, -0.1) is 0 Å². The molecule has 0 spiro atoms. The molecule has 1 aromatic heterocycles. The van der Waals surface area contributed by atoms with Gasteiger partial charge in [0.2, 0.25) is 0 Å². The molecule has 1 heterocycles. The number of hydrogen-bond acceptors (Lipinski definition) is 4. The van der Waals surface area contributed by atoms with Gasteiger partial charge >= 0.3 is 0 Å². The van der Waals surface area contributed by atoms with Crippen molar-refractivity contribution >= 4 is 16.7 Å². The van der Waals surface area contributed by atoms with E-state index in [2.05, 4.69) is 23.5 Å². The lowest BCUT2D eigenvalue weighted by Gasteiger charge is -2.16. The van der Waals surface area contributed by atoms with Crippen LogP contribution in [0.2, 0.25) is 0 Å². The van der Waals surface area contributed by atoms with Crippen molar-refractivity contribution in [3.05, 3.63) is 80.2 Å². The molecule has 4 nitrogen and oxygen atoms in total. The van der Waals surface area contributed by atoms with E-state index >= 15 is 0 Å². The summed E-state index contributed by atoms with van der Waals surface area (Å²) in [4.78, 5) is 11.3. The van der Waals surface area contributed by atoms with E-state index in [-0.39, 0.29) is 0 Å². The predicted molar refractivity (Wildman–Crippen MR) is 101 cm³/mol. The van der Waals surface area contributed by atoms with E-state index in [0.29, 0.717) is 0 Å². The van der Waals surface area contributed by atoms with Gasteiger partial charge in [0, 0.05) is 24.0 Å². The van der Waals surface area contributed by atoms with Gasteiger partial charge in [-0.1, -0.05) is 55.6 Å². The highest BCUT2D eigenvalue weighted by atomic mass is 15.1. The SMILES string of the molecule is C=CN(C=C)CCNc1nc(-c2ccccc2)nc2ccccc12. The van der Waals surface area contributed by atoms with Gasteiger partial charge in [0.15, 0.2) is 5.82 Å². The second-order valence-corrected chi connectivity index (χ2v) is 5.31. The second kappa shape index (κ2) is 7.42. The lowest BCUT2D eigenvalue weighted by Crippen LogP contribution is -2.19. The molecule has 2 aromatic carbocycles. The molecule has 0 amide bonds. The van der Waals surface area contributed by atoms with Gasteiger partial charge < -0.3 is 10.2 Å². The van der Waals surface area contributed by atoms with Crippen molar-refractivity contribution in [2.75, 3.05) is 18.4 Å². The molecule has 0 saturated carbocycles. The van der Waals surface area contributed by atoms with Crippen LogP contribution in [0.1, 0.15) is 0 Å². The summed E-state index contributed by atoms with van der Waals surface area (Å²) >= 11 is 0. The van der Waals surface area contributed by atoms with Crippen molar-refractivity contribution < 1.29 is 0 Å². The van der Waals surface area contributed by atoms with Gasteiger partial charge in [-0.2, -0.15) is 0 Å². The summed E-state index contributed by atoms with van der Waals surface area (Å²) in [6.07, 6.45) is 3.50. The highest BCUT2D eigenvalue weighted by Gasteiger charge is 2.08. The molecule has 0 fully saturated rings. The zero-order valence-electron chi connectivity index (χ0n) is 13.5. The van der Waals surface area contributed by atoms with Crippen LogP contribution < -0.4 is 5.32 Å². The zero-order chi connectivity index (χ0) is 16.8. The molecule has 4 heteroatoms. The largest absolute Gasteiger partial charge is 0.368 e. The standard InChI is InChI=1S/C20H20N4/c1-3-24(4-2)15-14-21-20-17-12-8-9-13-18(17)22-19(23-20)16-10-6-5-7-11-16/h3-13H,1-2,14-15H2,(H,21,22,23). The van der Waals surface area contributed by atoms with Crippen LogP contribution in [-0.2, 0) is 0 Å². The topological polar surface area (TPSA) is 41.0 Å². The Hall–Kier alpha value is -3.14. The summed E-state index contributed by atoms with van der Waals surface area (Å²) in [5.74, 6) is 1.56. The lowest BCUT2D eigenvalue weighted by atomic mass is 10.2. The fourth-order valence-electron chi connectivity index (χ4n) is 2.49. The van der Waals surface area contributed by atoms with Gasteiger partial charge in [-0.3, -0.25) is 0 Å². The molecule has 120 valence electrons. The van der Waals surface area contributed by atoms with Gasteiger partial charge in [-0.25, -0.2) is 9.97 Å². The molecule has 0 saturated heterocycles. The van der Waals surface area contributed by atoms with Crippen LogP contribution in [0.3, 0.4) is 0 Å². The molecular weight excluding hydrogens is 296 g/mol. The molecule has 0 aliphatic rings. The third kappa shape index (κ3) is 3.43. The first-order valence-corrected chi connectivity index (χ1v) is 7.89. The van der Waals surface area contributed by atoms with E-state index in [1.807, 2.05) is 59.5 Å². The van der Waals surface area contributed by atoms with E-state index in [4.69, 9.17) is 4.98 Å². The lowest BCUT2D eigenvalue weighted by molar-refractivity contribution is 0.527. The van der Waals surface area contributed by atoms with Crippen LogP contribution in [0.15, 0.2) is 80.2 Å². The smallest absolute Gasteiger partial charge is 0.162 e. The molecule has 0 aliphatic carbocycles. The average Bonchev–Trinajstić information content (AvgIpc) is 2.65. The summed E-state index contributed by atoms with van der Waals surface area (Å²) in [5.41, 5.74) is 1.93. The van der Waals surface area contributed by atoms with Gasteiger partial charge in [-0.05, 0) is 24.5 Å². The first kappa shape index (κ1) is 15.7. The minimum absolute atomic E-state index is 0.723. The van der Waals surface area contributed by atoms with Gasteiger partial charge in [0.25, 0.3) is 0 Å². The molecule has 3 rings (SSSR count). The van der Waals surface area contributed by atoms with Crippen molar-refractivity contribution in [3.8, 4) is 11.4 Å². The number of rotatable bonds is 7. The monoisotopic (exact) mass is 316 g/mol. The Morgan fingerprint density at radius 1 is 0.917 bits per heavy atom. The van der Waals surface area contributed by atoms with Crippen molar-refractivity contribution in [2.45, 2.75) is 0 Å². The van der Waals surface area contributed by atoms with Crippen LogP contribution in [0.4, 0.5) is 5.82 Å². The first-order chi connectivity index (χ1) is 11.8. The Balaban J connectivity index is 1.93. The third-order valence-electron chi connectivity index (χ3n) is 3.77. The molecule has 0 atom stereocenters. The number of nitrogens with zero attached hydrogens (tertiary/aromatic N) is 3. The highest BCUT2D eigenvalue weighted by molar-refractivity contribution is 5.90. The molecule has 0 unspecified atom stereocenters. The second-order valence-electron chi connectivity index (χ2n) is 5.31. The normalized spacial score (nSPS) is 10.3. The molecule has 0 aliphatic heterocycles. The van der Waals surface area contributed by atoms with Crippen molar-refractivity contribution in [1.82, 2.24) is 14.9 Å². The Morgan fingerprint density at radius 2 is 1.62 bits per heavy atom. The molecule has 0 radical (unpaired) electrons. The maximum absolute atomic E-state index is 4.73. The number of benzene rings is 2. The fraction of sp³-hybridized carbons (Fsp3) is 0.100. The number of para-hydroxylation sites is 1. The van der Waals surface area contributed by atoms with E-state index in [1.54, 1.807) is 12.4 Å². The van der Waals surface area contributed by atoms with Crippen LogP contribution in [-0.4, -0.2) is 28.0 Å². The number of anilines is 1. The summed E-state index contributed by atoms with van der Waals surface area (Å²) in [6.45, 7) is 9.02. The molecule has 3 aromatic rings. The van der Waals surface area contributed by atoms with Crippen molar-refractivity contribution in [2.24, 2.45) is 0 Å². The van der Waals surface area contributed by atoms with Crippen molar-refractivity contribution in [1.29, 1.82) is 0 Å². The number of hydrogen-bond donors (Lipinski definition) is 1. The number of aromatic nitrogens is 2. The number of fused-ring (bicyclic) bond motifs is 1. The minimum atomic E-state index is 0.723. The number of nitrogens with one attached hydrogen (secondary N) is 1. The first-order valence-electron chi connectivity index (χ1n) is 7.89. The van der Waals surface area contributed by atoms with Crippen LogP contribution in [0.25, 0.3) is 22.3 Å². The van der Waals surface area contributed by atoms with Crippen LogP contribution in [0, 0.1) is 0 Å². The Kier molecular flexibility index (Phi) is 4.87. The maximum atomic E-state index is 4.73. The van der Waals surface area contributed by atoms with E-state index < -0.39 is 0 Å². The maximum Gasteiger partial charge on any atom is 0.162 e. The Labute approximate surface area is 142 Å².